The molecule has 1 aliphatic rings. The normalized spacial score (nSPS) is 18.3. The number of aryl methyl sites for hydroxylation is 1. The maximum atomic E-state index is 13.8. The Balaban J connectivity index is 1.33. The van der Waals surface area contributed by atoms with E-state index in [0.29, 0.717) is 40.6 Å². The zero-order chi connectivity index (χ0) is 33.9. The van der Waals surface area contributed by atoms with E-state index in [9.17, 15) is 27.6 Å². The summed E-state index contributed by atoms with van der Waals surface area (Å²) in [5, 5.41) is 8.78. The number of aromatic nitrogens is 3. The van der Waals surface area contributed by atoms with Gasteiger partial charge in [-0.05, 0) is 85.8 Å². The molecular formula is C35H38F3N3O5Si. The number of alkyl halides is 3. The quantitative estimate of drug-likeness (QED) is 0.0957. The van der Waals surface area contributed by atoms with Crippen molar-refractivity contribution in [2.45, 2.75) is 64.8 Å². The van der Waals surface area contributed by atoms with Gasteiger partial charge in [0, 0.05) is 19.6 Å². The van der Waals surface area contributed by atoms with E-state index in [2.05, 4.69) is 30.0 Å². The Morgan fingerprint density at radius 3 is 2.45 bits per heavy atom. The lowest BCUT2D eigenvalue weighted by Crippen LogP contribution is -2.36. The second-order valence-electron chi connectivity index (χ2n) is 13.4. The van der Waals surface area contributed by atoms with Crippen LogP contribution in [0.25, 0.3) is 10.9 Å². The highest BCUT2D eigenvalue weighted by molar-refractivity contribution is 6.76. The summed E-state index contributed by atoms with van der Waals surface area (Å²) < 4.78 is 51.9. The van der Waals surface area contributed by atoms with Gasteiger partial charge in [0.2, 0.25) is 0 Å². The first-order chi connectivity index (χ1) is 22.2. The first-order valence-corrected chi connectivity index (χ1v) is 19.3. The predicted octanol–water partition coefficient (Wildman–Crippen LogP) is 7.10. The monoisotopic (exact) mass is 665 g/mol. The third-order valence-corrected chi connectivity index (χ3v) is 10.3. The lowest BCUT2D eigenvalue weighted by atomic mass is 9.84. The molecule has 0 aliphatic heterocycles. The molecule has 8 nitrogen and oxygen atoms in total. The smallest absolute Gasteiger partial charge is 0.416 e. The van der Waals surface area contributed by atoms with E-state index in [4.69, 9.17) is 9.47 Å². The number of carbonyl (C=O) groups is 2. The van der Waals surface area contributed by atoms with Crippen LogP contribution < -0.4 is 10.3 Å². The number of benzene rings is 3. The highest BCUT2D eigenvalue weighted by Gasteiger charge is 2.46. The van der Waals surface area contributed by atoms with Crippen molar-refractivity contribution in [1.82, 2.24) is 15.0 Å². The average molecular weight is 666 g/mol. The first kappa shape index (κ1) is 34.0. The minimum absolute atomic E-state index is 0.0799. The van der Waals surface area contributed by atoms with Crippen LogP contribution in [0.1, 0.15) is 39.9 Å². The van der Waals surface area contributed by atoms with Gasteiger partial charge in [0.25, 0.3) is 5.56 Å². The van der Waals surface area contributed by atoms with Gasteiger partial charge in [-0.3, -0.25) is 14.4 Å². The SMILES string of the molecule is Cc1ccc2nnn(CC3CCC(C(=O)c4ccc(OCc5cccc(C(F)(F)F)c5)cc4)C3C(=O)OCC[Si](C)(C)C)c(=O)c2c1. The van der Waals surface area contributed by atoms with Crippen LogP contribution in [0.15, 0.2) is 71.5 Å². The van der Waals surface area contributed by atoms with Crippen molar-refractivity contribution < 1.29 is 32.2 Å². The van der Waals surface area contributed by atoms with Gasteiger partial charge in [-0.1, -0.05) is 48.6 Å². The molecule has 0 bridgehead atoms. The summed E-state index contributed by atoms with van der Waals surface area (Å²) in [4.78, 5) is 40.8. The maximum absolute atomic E-state index is 13.8. The Bertz CT molecular complexity index is 1820. The van der Waals surface area contributed by atoms with Crippen molar-refractivity contribution in [3.8, 4) is 5.75 Å². The van der Waals surface area contributed by atoms with Gasteiger partial charge in [-0.15, -0.1) is 5.10 Å². The number of rotatable bonds is 11. The zero-order valence-corrected chi connectivity index (χ0v) is 27.8. The fourth-order valence-electron chi connectivity index (χ4n) is 5.96. The van der Waals surface area contributed by atoms with Crippen molar-refractivity contribution in [2.75, 3.05) is 6.61 Å². The summed E-state index contributed by atoms with van der Waals surface area (Å²) in [7, 11) is -1.49. The molecule has 12 heteroatoms. The van der Waals surface area contributed by atoms with Crippen molar-refractivity contribution >= 4 is 30.7 Å². The number of hydrogen-bond acceptors (Lipinski definition) is 7. The topological polar surface area (TPSA) is 100 Å². The average Bonchev–Trinajstić information content (AvgIpc) is 3.44. The zero-order valence-electron chi connectivity index (χ0n) is 26.8. The number of ether oxygens (including phenoxy) is 2. The van der Waals surface area contributed by atoms with Crippen LogP contribution in [-0.4, -0.2) is 41.4 Å². The van der Waals surface area contributed by atoms with Crippen molar-refractivity contribution in [3.63, 3.8) is 0 Å². The number of hydrogen-bond donors (Lipinski definition) is 0. The number of ketones is 1. The van der Waals surface area contributed by atoms with Gasteiger partial charge in [0.1, 0.15) is 17.9 Å². The maximum Gasteiger partial charge on any atom is 0.416 e. The fourth-order valence-corrected chi connectivity index (χ4v) is 6.67. The van der Waals surface area contributed by atoms with Crippen LogP contribution in [0.3, 0.4) is 0 Å². The van der Waals surface area contributed by atoms with Crippen LogP contribution >= 0.6 is 0 Å². The second-order valence-corrected chi connectivity index (χ2v) is 19.0. The lowest BCUT2D eigenvalue weighted by molar-refractivity contribution is -0.150. The molecule has 248 valence electrons. The minimum atomic E-state index is -4.45. The molecule has 47 heavy (non-hydrogen) atoms. The van der Waals surface area contributed by atoms with Crippen molar-refractivity contribution in [1.29, 1.82) is 0 Å². The molecule has 3 atom stereocenters. The minimum Gasteiger partial charge on any atom is -0.489 e. The van der Waals surface area contributed by atoms with Crippen molar-refractivity contribution in [3.05, 3.63) is 99.3 Å². The Kier molecular flexibility index (Phi) is 9.99. The van der Waals surface area contributed by atoms with E-state index in [1.54, 1.807) is 42.5 Å². The van der Waals surface area contributed by atoms with Gasteiger partial charge in [-0.25, -0.2) is 4.68 Å². The molecule has 5 rings (SSSR count). The molecule has 4 aromatic rings. The Hall–Kier alpha value is -4.32. The van der Waals surface area contributed by atoms with E-state index in [0.717, 1.165) is 23.7 Å². The molecule has 0 spiro atoms. The summed E-state index contributed by atoms with van der Waals surface area (Å²) in [6.45, 7) is 8.75. The third kappa shape index (κ3) is 8.34. The summed E-state index contributed by atoms with van der Waals surface area (Å²) in [6.07, 6.45) is -3.50. The van der Waals surface area contributed by atoms with Gasteiger partial charge in [0.15, 0.2) is 5.78 Å². The lowest BCUT2D eigenvalue weighted by Gasteiger charge is -2.24. The largest absolute Gasteiger partial charge is 0.489 e. The molecule has 1 aromatic heterocycles. The van der Waals surface area contributed by atoms with E-state index >= 15 is 0 Å². The van der Waals surface area contributed by atoms with E-state index in [-0.39, 0.29) is 37.0 Å². The number of halogens is 3. The molecule has 0 radical (unpaired) electrons. The van der Waals surface area contributed by atoms with Crippen LogP contribution in [-0.2, 0) is 28.9 Å². The van der Waals surface area contributed by atoms with Gasteiger partial charge < -0.3 is 9.47 Å². The molecule has 3 aromatic carbocycles. The molecule has 1 fully saturated rings. The number of Topliss-reactive ketones (excluding diaryl/α,β-unsaturated/α-hetero) is 1. The Morgan fingerprint density at radius 1 is 1.00 bits per heavy atom. The van der Waals surface area contributed by atoms with Gasteiger partial charge in [0.05, 0.1) is 30.0 Å². The summed E-state index contributed by atoms with van der Waals surface area (Å²) in [5.74, 6) is -2.10. The Morgan fingerprint density at radius 2 is 1.74 bits per heavy atom. The van der Waals surface area contributed by atoms with Crippen LogP contribution in [0, 0.1) is 24.7 Å². The molecule has 0 amide bonds. The molecule has 1 saturated carbocycles. The fraction of sp³-hybridized carbons (Fsp3) is 0.400. The summed E-state index contributed by atoms with van der Waals surface area (Å²) in [6, 6.07) is 17.4. The highest BCUT2D eigenvalue weighted by Crippen LogP contribution is 2.41. The molecule has 0 N–H and O–H groups in total. The number of nitrogens with zero attached hydrogens (tertiary/aromatic N) is 3. The van der Waals surface area contributed by atoms with E-state index in [1.807, 2.05) is 13.0 Å². The van der Waals surface area contributed by atoms with Crippen LogP contribution in [0.4, 0.5) is 13.2 Å². The standard InChI is InChI=1S/C35H38F3N3O5Si/c1-22-8-15-30-29(18-22)33(43)41(40-39-30)20-25-11-14-28(31(25)34(44)45-16-17-47(2,3)4)32(42)24-9-12-27(13-10-24)46-21-23-6-5-7-26(19-23)35(36,37)38/h5-10,12-13,15,18-19,25,28,31H,11,14,16-17,20-21H2,1-4H3. The molecular weight excluding hydrogens is 627 g/mol. The van der Waals surface area contributed by atoms with E-state index < -0.39 is 37.6 Å². The number of esters is 1. The first-order valence-electron chi connectivity index (χ1n) is 15.6. The summed E-state index contributed by atoms with van der Waals surface area (Å²) >= 11 is 0. The predicted molar refractivity (Wildman–Crippen MR) is 174 cm³/mol. The molecule has 3 unspecified atom stereocenters. The van der Waals surface area contributed by atoms with Gasteiger partial charge in [-0.2, -0.15) is 13.2 Å². The number of carbonyl (C=O) groups excluding carboxylic acids is 2. The summed E-state index contributed by atoms with van der Waals surface area (Å²) in [5.41, 5.74) is 1.08. The second kappa shape index (κ2) is 13.8. The molecule has 0 saturated heterocycles. The van der Waals surface area contributed by atoms with Crippen LogP contribution in [0.5, 0.6) is 5.75 Å². The number of fused-ring (bicyclic) bond motifs is 1. The van der Waals surface area contributed by atoms with E-state index in [1.165, 1.54) is 10.7 Å². The van der Waals surface area contributed by atoms with Gasteiger partial charge >= 0.3 is 12.1 Å². The highest BCUT2D eigenvalue weighted by atomic mass is 28.3. The molecule has 1 aliphatic carbocycles. The third-order valence-electron chi connectivity index (χ3n) is 8.58. The van der Waals surface area contributed by atoms with Crippen molar-refractivity contribution in [2.24, 2.45) is 17.8 Å². The Labute approximate surface area is 271 Å². The van der Waals surface area contributed by atoms with Crippen LogP contribution in [0.2, 0.25) is 25.7 Å². The molecule has 1 heterocycles.